The molecule has 2 aromatic rings. The first-order chi connectivity index (χ1) is 10.0. The maximum absolute atomic E-state index is 12.0. The van der Waals surface area contributed by atoms with Crippen molar-refractivity contribution in [2.24, 2.45) is 0 Å². The highest BCUT2D eigenvalue weighted by atomic mass is 79.9. The lowest BCUT2D eigenvalue weighted by molar-refractivity contribution is -0.114. The van der Waals surface area contributed by atoms with Crippen LogP contribution in [-0.4, -0.2) is 11.7 Å². The van der Waals surface area contributed by atoms with Gasteiger partial charge in [0, 0.05) is 22.6 Å². The molecule has 3 nitrogen and oxygen atoms in total. The van der Waals surface area contributed by atoms with Gasteiger partial charge in [-0.2, -0.15) is 0 Å². The van der Waals surface area contributed by atoms with Crippen LogP contribution in [0.4, 0.5) is 5.69 Å². The summed E-state index contributed by atoms with van der Waals surface area (Å²) in [7, 11) is 0. The van der Waals surface area contributed by atoms with E-state index >= 15 is 0 Å². The Morgan fingerprint density at radius 1 is 1.00 bits per heavy atom. The van der Waals surface area contributed by atoms with E-state index in [9.17, 15) is 9.59 Å². The molecule has 1 N–H and O–H groups in total. The van der Waals surface area contributed by atoms with Crippen molar-refractivity contribution in [2.45, 2.75) is 6.92 Å². The maximum atomic E-state index is 12.0. The number of ketones is 1. The van der Waals surface area contributed by atoms with Crippen LogP contribution in [0.15, 0.2) is 59.1 Å². The lowest BCUT2D eigenvalue weighted by atomic mass is 10.1. The van der Waals surface area contributed by atoms with Gasteiger partial charge in [-0.25, -0.2) is 0 Å². The fourth-order valence-electron chi connectivity index (χ4n) is 1.76. The molecular formula is C17H14BrNO2. The van der Waals surface area contributed by atoms with Gasteiger partial charge in [-0.1, -0.05) is 34.1 Å². The highest BCUT2D eigenvalue weighted by Crippen LogP contribution is 2.13. The van der Waals surface area contributed by atoms with E-state index in [0.29, 0.717) is 11.3 Å². The SMILES string of the molecule is CC(=O)Nc1ccc(C(=O)C=Cc2ccc(Br)cc2)cc1. The van der Waals surface area contributed by atoms with Crippen LogP contribution >= 0.6 is 15.9 Å². The molecule has 0 radical (unpaired) electrons. The minimum atomic E-state index is -0.135. The summed E-state index contributed by atoms with van der Waals surface area (Å²) in [5, 5.41) is 2.66. The molecule has 0 aromatic heterocycles. The molecule has 0 aliphatic heterocycles. The van der Waals surface area contributed by atoms with Crippen LogP contribution in [0.25, 0.3) is 6.08 Å². The Morgan fingerprint density at radius 2 is 1.62 bits per heavy atom. The van der Waals surface area contributed by atoms with E-state index in [1.807, 2.05) is 24.3 Å². The predicted octanol–water partition coefficient (Wildman–Crippen LogP) is 4.30. The van der Waals surface area contributed by atoms with Crippen LogP contribution in [0, 0.1) is 0 Å². The second kappa shape index (κ2) is 6.99. The van der Waals surface area contributed by atoms with Gasteiger partial charge in [0.25, 0.3) is 0 Å². The molecule has 2 rings (SSSR count). The molecule has 0 saturated heterocycles. The van der Waals surface area contributed by atoms with Crippen LogP contribution in [-0.2, 0) is 4.79 Å². The molecule has 0 bridgehead atoms. The molecule has 0 saturated carbocycles. The summed E-state index contributed by atoms with van der Waals surface area (Å²) < 4.78 is 1.000. The van der Waals surface area contributed by atoms with Crippen molar-refractivity contribution in [3.05, 3.63) is 70.2 Å². The normalized spacial score (nSPS) is 10.6. The van der Waals surface area contributed by atoms with Crippen molar-refractivity contribution >= 4 is 39.4 Å². The first-order valence-corrected chi connectivity index (χ1v) is 7.19. The number of allylic oxidation sites excluding steroid dienone is 1. The zero-order valence-electron chi connectivity index (χ0n) is 11.5. The van der Waals surface area contributed by atoms with Gasteiger partial charge in [-0.3, -0.25) is 9.59 Å². The number of hydrogen-bond acceptors (Lipinski definition) is 2. The van der Waals surface area contributed by atoms with Gasteiger partial charge in [0.05, 0.1) is 0 Å². The minimum absolute atomic E-state index is 0.0766. The van der Waals surface area contributed by atoms with Gasteiger partial charge < -0.3 is 5.32 Å². The lowest BCUT2D eigenvalue weighted by Gasteiger charge is -2.02. The summed E-state index contributed by atoms with van der Waals surface area (Å²) >= 11 is 3.36. The van der Waals surface area contributed by atoms with Gasteiger partial charge in [0.1, 0.15) is 0 Å². The zero-order chi connectivity index (χ0) is 15.2. The van der Waals surface area contributed by atoms with Crippen LogP contribution in [0.5, 0.6) is 0 Å². The second-order valence-electron chi connectivity index (χ2n) is 4.51. The minimum Gasteiger partial charge on any atom is -0.326 e. The number of carbonyl (C=O) groups excluding carboxylic acids is 2. The second-order valence-corrected chi connectivity index (χ2v) is 5.42. The largest absolute Gasteiger partial charge is 0.326 e. The summed E-state index contributed by atoms with van der Waals surface area (Å²) in [6, 6.07) is 14.5. The molecule has 0 aliphatic rings. The van der Waals surface area contributed by atoms with Crippen LogP contribution in [0.3, 0.4) is 0 Å². The van der Waals surface area contributed by atoms with E-state index in [2.05, 4.69) is 21.2 Å². The number of nitrogens with one attached hydrogen (secondary N) is 1. The Kier molecular flexibility index (Phi) is 5.06. The number of benzene rings is 2. The van der Waals surface area contributed by atoms with E-state index in [1.54, 1.807) is 30.3 Å². The Hall–Kier alpha value is -2.20. The topological polar surface area (TPSA) is 46.2 Å². The number of carbonyl (C=O) groups is 2. The fourth-order valence-corrected chi connectivity index (χ4v) is 2.03. The third-order valence-electron chi connectivity index (χ3n) is 2.79. The lowest BCUT2D eigenvalue weighted by Crippen LogP contribution is -2.05. The first-order valence-electron chi connectivity index (χ1n) is 6.40. The molecular weight excluding hydrogens is 330 g/mol. The monoisotopic (exact) mass is 343 g/mol. The Bertz CT molecular complexity index is 673. The van der Waals surface area contributed by atoms with Gasteiger partial charge in [0.15, 0.2) is 5.78 Å². The summed E-state index contributed by atoms with van der Waals surface area (Å²) in [5.74, 6) is -0.212. The van der Waals surface area contributed by atoms with E-state index < -0.39 is 0 Å². The molecule has 0 atom stereocenters. The summed E-state index contributed by atoms with van der Waals surface area (Å²) in [6.07, 6.45) is 3.31. The van der Waals surface area contributed by atoms with Crippen LogP contribution < -0.4 is 5.32 Å². The number of rotatable bonds is 4. The van der Waals surface area contributed by atoms with Crippen molar-refractivity contribution in [1.29, 1.82) is 0 Å². The average Bonchev–Trinajstić information content (AvgIpc) is 2.46. The van der Waals surface area contributed by atoms with E-state index in [4.69, 9.17) is 0 Å². The predicted molar refractivity (Wildman–Crippen MR) is 88.3 cm³/mol. The molecule has 2 aromatic carbocycles. The van der Waals surface area contributed by atoms with Gasteiger partial charge >= 0.3 is 0 Å². The summed E-state index contributed by atoms with van der Waals surface area (Å²) in [4.78, 5) is 23.0. The molecule has 4 heteroatoms. The standard InChI is InChI=1S/C17H14BrNO2/c1-12(20)19-16-9-5-14(6-10-16)17(21)11-4-13-2-7-15(18)8-3-13/h2-11H,1H3,(H,19,20). The third kappa shape index (κ3) is 4.68. The Balaban J connectivity index is 2.06. The van der Waals surface area contributed by atoms with Crippen LogP contribution in [0.1, 0.15) is 22.8 Å². The average molecular weight is 344 g/mol. The van der Waals surface area contributed by atoms with Crippen molar-refractivity contribution in [1.82, 2.24) is 0 Å². The molecule has 0 heterocycles. The molecule has 0 fully saturated rings. The van der Waals surface area contributed by atoms with Crippen molar-refractivity contribution in [3.63, 3.8) is 0 Å². The highest BCUT2D eigenvalue weighted by Gasteiger charge is 2.02. The molecule has 106 valence electrons. The van der Waals surface area contributed by atoms with Gasteiger partial charge in [-0.05, 0) is 48.0 Å². The highest BCUT2D eigenvalue weighted by molar-refractivity contribution is 9.10. The number of amides is 1. The third-order valence-corrected chi connectivity index (χ3v) is 3.32. The van der Waals surface area contributed by atoms with Crippen LogP contribution in [0.2, 0.25) is 0 Å². The number of halogens is 1. The first kappa shape index (κ1) is 15.2. The van der Waals surface area contributed by atoms with Gasteiger partial charge in [-0.15, -0.1) is 0 Å². The molecule has 0 unspecified atom stereocenters. The zero-order valence-corrected chi connectivity index (χ0v) is 13.1. The van der Waals surface area contributed by atoms with Gasteiger partial charge in [0.2, 0.25) is 5.91 Å². The quantitative estimate of drug-likeness (QED) is 0.664. The maximum Gasteiger partial charge on any atom is 0.221 e. The van der Waals surface area contributed by atoms with Crippen molar-refractivity contribution in [3.8, 4) is 0 Å². The molecule has 0 spiro atoms. The van der Waals surface area contributed by atoms with Crippen molar-refractivity contribution in [2.75, 3.05) is 5.32 Å². The smallest absolute Gasteiger partial charge is 0.221 e. The number of hydrogen-bond donors (Lipinski definition) is 1. The fraction of sp³-hybridized carbons (Fsp3) is 0.0588. The molecule has 21 heavy (non-hydrogen) atoms. The Labute approximate surface area is 131 Å². The van der Waals surface area contributed by atoms with E-state index in [0.717, 1.165) is 10.0 Å². The van der Waals surface area contributed by atoms with E-state index in [-0.39, 0.29) is 11.7 Å². The summed E-state index contributed by atoms with van der Waals surface area (Å²) in [5.41, 5.74) is 2.22. The molecule has 0 aliphatic carbocycles. The van der Waals surface area contributed by atoms with Crippen molar-refractivity contribution < 1.29 is 9.59 Å². The molecule has 1 amide bonds. The Morgan fingerprint density at radius 3 is 2.19 bits per heavy atom. The summed E-state index contributed by atoms with van der Waals surface area (Å²) in [6.45, 7) is 1.44. The van der Waals surface area contributed by atoms with E-state index in [1.165, 1.54) is 13.0 Å². The number of anilines is 1.